The molecule has 0 radical (unpaired) electrons. The molecule has 114 valence electrons. The predicted octanol–water partition coefficient (Wildman–Crippen LogP) is 0.833. The summed E-state index contributed by atoms with van der Waals surface area (Å²) in [5.41, 5.74) is 5.56. The molecule has 1 aromatic heterocycles. The standard InChI is InChI=1S/C9H15BrN2O6P2/c10-5-1-2-7-3-4-8(12-6-7)9(11,19(13,14)15)20(16,17)18/h3-4,6H,1-2,5,11H2,(H2,13,14,15)(H2,16,17,18). The first-order chi connectivity index (χ1) is 9.04. The van der Waals surface area contributed by atoms with Crippen molar-refractivity contribution in [2.75, 3.05) is 5.33 Å². The van der Waals surface area contributed by atoms with Crippen LogP contribution in [0.2, 0.25) is 0 Å². The Morgan fingerprint density at radius 2 is 1.75 bits per heavy atom. The number of nitrogens with two attached hydrogens (primary N) is 1. The van der Waals surface area contributed by atoms with Gasteiger partial charge in [0.2, 0.25) is 0 Å². The van der Waals surface area contributed by atoms with E-state index in [-0.39, 0.29) is 0 Å². The van der Waals surface area contributed by atoms with E-state index in [1.807, 2.05) is 0 Å². The fraction of sp³-hybridized carbons (Fsp3) is 0.444. The number of alkyl halides is 1. The van der Waals surface area contributed by atoms with Crippen molar-refractivity contribution in [1.82, 2.24) is 4.98 Å². The Kier molecular flexibility index (Phi) is 5.68. The average Bonchev–Trinajstić information content (AvgIpc) is 2.33. The number of aryl methyl sites for hydroxylation is 1. The Morgan fingerprint density at radius 1 is 1.20 bits per heavy atom. The zero-order valence-corrected chi connectivity index (χ0v) is 13.6. The van der Waals surface area contributed by atoms with E-state index >= 15 is 0 Å². The van der Waals surface area contributed by atoms with Gasteiger partial charge in [0.25, 0.3) is 5.02 Å². The molecule has 0 saturated carbocycles. The van der Waals surface area contributed by atoms with Crippen LogP contribution in [0.1, 0.15) is 17.7 Å². The summed E-state index contributed by atoms with van der Waals surface area (Å²) in [4.78, 5) is 40.4. The number of nitrogens with zero attached hydrogens (tertiary/aromatic N) is 1. The highest BCUT2D eigenvalue weighted by atomic mass is 79.9. The van der Waals surface area contributed by atoms with E-state index in [2.05, 4.69) is 20.9 Å². The van der Waals surface area contributed by atoms with E-state index in [1.165, 1.54) is 12.3 Å². The minimum Gasteiger partial charge on any atom is -0.322 e. The van der Waals surface area contributed by atoms with Crippen LogP contribution in [0.15, 0.2) is 18.3 Å². The predicted molar refractivity (Wildman–Crippen MR) is 76.3 cm³/mol. The Labute approximate surface area is 123 Å². The van der Waals surface area contributed by atoms with Gasteiger partial charge in [0.15, 0.2) is 0 Å². The van der Waals surface area contributed by atoms with Gasteiger partial charge in [-0.15, -0.1) is 0 Å². The molecule has 6 N–H and O–H groups in total. The molecular formula is C9H15BrN2O6P2. The van der Waals surface area contributed by atoms with Gasteiger partial charge >= 0.3 is 15.2 Å². The van der Waals surface area contributed by atoms with Gasteiger partial charge in [0, 0.05) is 11.5 Å². The molecule has 0 aliphatic rings. The van der Waals surface area contributed by atoms with Crippen LogP contribution in [0, 0.1) is 0 Å². The maximum absolute atomic E-state index is 11.4. The SMILES string of the molecule is NC(c1ccc(CCCBr)cn1)(P(=O)(O)O)P(=O)(O)O. The lowest BCUT2D eigenvalue weighted by atomic mass is 10.1. The van der Waals surface area contributed by atoms with Crippen LogP contribution < -0.4 is 5.73 Å². The van der Waals surface area contributed by atoms with Crippen LogP contribution in [-0.4, -0.2) is 29.9 Å². The van der Waals surface area contributed by atoms with Crippen molar-refractivity contribution in [3.05, 3.63) is 29.6 Å². The first-order valence-electron chi connectivity index (χ1n) is 5.45. The van der Waals surface area contributed by atoms with E-state index in [9.17, 15) is 28.7 Å². The lowest BCUT2D eigenvalue weighted by molar-refractivity contribution is 0.308. The Bertz CT molecular complexity index is 532. The maximum Gasteiger partial charge on any atom is 0.363 e. The van der Waals surface area contributed by atoms with Crippen molar-refractivity contribution in [1.29, 1.82) is 0 Å². The Balaban J connectivity index is 3.25. The molecular weight excluding hydrogens is 374 g/mol. The van der Waals surface area contributed by atoms with E-state index in [0.29, 0.717) is 6.42 Å². The van der Waals surface area contributed by atoms with Crippen molar-refractivity contribution in [3.8, 4) is 0 Å². The van der Waals surface area contributed by atoms with E-state index in [0.717, 1.165) is 23.4 Å². The smallest absolute Gasteiger partial charge is 0.322 e. The molecule has 0 saturated heterocycles. The normalized spacial score (nSPS) is 13.5. The molecule has 0 fully saturated rings. The van der Waals surface area contributed by atoms with Crippen molar-refractivity contribution < 1.29 is 28.7 Å². The quantitative estimate of drug-likeness (QED) is 0.354. The number of hydrogen-bond donors (Lipinski definition) is 5. The third kappa shape index (κ3) is 3.55. The summed E-state index contributed by atoms with van der Waals surface area (Å²) in [5.74, 6) is 0. The second-order valence-corrected chi connectivity index (χ2v) is 8.89. The third-order valence-electron chi connectivity index (χ3n) is 2.69. The van der Waals surface area contributed by atoms with Crippen molar-refractivity contribution in [3.63, 3.8) is 0 Å². The molecule has 1 aromatic rings. The van der Waals surface area contributed by atoms with Crippen LogP contribution >= 0.6 is 31.1 Å². The molecule has 0 spiro atoms. The van der Waals surface area contributed by atoms with Crippen LogP contribution in [0.25, 0.3) is 0 Å². The highest BCUT2D eigenvalue weighted by Gasteiger charge is 2.60. The van der Waals surface area contributed by atoms with Gasteiger partial charge in [-0.05, 0) is 24.5 Å². The highest BCUT2D eigenvalue weighted by molar-refractivity contribution is 9.09. The number of hydrogen-bond acceptors (Lipinski definition) is 4. The molecule has 0 amide bonds. The Hall–Kier alpha value is -0.110. The van der Waals surface area contributed by atoms with Crippen LogP contribution in [0.4, 0.5) is 0 Å². The van der Waals surface area contributed by atoms with E-state index in [4.69, 9.17) is 5.73 Å². The van der Waals surface area contributed by atoms with Gasteiger partial charge in [-0.2, -0.15) is 0 Å². The summed E-state index contributed by atoms with van der Waals surface area (Å²) in [6.07, 6.45) is 2.79. The van der Waals surface area contributed by atoms with Crippen LogP contribution in [0.3, 0.4) is 0 Å². The zero-order valence-electron chi connectivity index (χ0n) is 10.3. The molecule has 0 bridgehead atoms. The zero-order chi connectivity index (χ0) is 15.6. The van der Waals surface area contributed by atoms with Crippen LogP contribution in [0.5, 0.6) is 0 Å². The van der Waals surface area contributed by atoms with E-state index in [1.54, 1.807) is 0 Å². The molecule has 11 heteroatoms. The fourth-order valence-electron chi connectivity index (χ4n) is 1.53. The average molecular weight is 389 g/mol. The van der Waals surface area contributed by atoms with Crippen LogP contribution in [-0.2, 0) is 20.6 Å². The number of halogens is 1. The second-order valence-electron chi connectivity index (χ2n) is 4.16. The van der Waals surface area contributed by atoms with Gasteiger partial charge in [0.1, 0.15) is 0 Å². The van der Waals surface area contributed by atoms with Crippen molar-refractivity contribution in [2.45, 2.75) is 17.9 Å². The minimum atomic E-state index is -5.32. The molecule has 20 heavy (non-hydrogen) atoms. The maximum atomic E-state index is 11.4. The summed E-state index contributed by atoms with van der Waals surface area (Å²) in [5, 5.41) is -2.35. The summed E-state index contributed by atoms with van der Waals surface area (Å²) in [6.45, 7) is 0. The molecule has 1 rings (SSSR count). The largest absolute Gasteiger partial charge is 0.363 e. The lowest BCUT2D eigenvalue weighted by Gasteiger charge is -2.29. The van der Waals surface area contributed by atoms with Crippen molar-refractivity contribution >= 4 is 31.1 Å². The van der Waals surface area contributed by atoms with Gasteiger partial charge < -0.3 is 19.6 Å². The van der Waals surface area contributed by atoms with Gasteiger partial charge in [-0.3, -0.25) is 19.8 Å². The number of aromatic nitrogens is 1. The van der Waals surface area contributed by atoms with Gasteiger partial charge in [-0.25, -0.2) is 0 Å². The first-order valence-corrected chi connectivity index (χ1v) is 9.80. The molecule has 0 unspecified atom stereocenters. The molecule has 0 aliphatic heterocycles. The number of pyridine rings is 1. The summed E-state index contributed by atoms with van der Waals surface area (Å²) < 4.78 is 22.8. The van der Waals surface area contributed by atoms with E-state index < -0.39 is 25.9 Å². The summed E-state index contributed by atoms with van der Waals surface area (Å²) in [7, 11) is -10.6. The summed E-state index contributed by atoms with van der Waals surface area (Å²) >= 11 is 3.26. The molecule has 0 aromatic carbocycles. The topological polar surface area (TPSA) is 154 Å². The molecule has 0 aliphatic carbocycles. The monoisotopic (exact) mass is 388 g/mol. The highest BCUT2D eigenvalue weighted by Crippen LogP contribution is 2.70. The van der Waals surface area contributed by atoms with Gasteiger partial charge in [0.05, 0.1) is 5.69 Å². The molecule has 8 nitrogen and oxygen atoms in total. The minimum absolute atomic E-state index is 0.540. The number of rotatable bonds is 6. The fourth-order valence-corrected chi connectivity index (χ4v) is 4.03. The van der Waals surface area contributed by atoms with Gasteiger partial charge in [-0.1, -0.05) is 22.0 Å². The third-order valence-corrected chi connectivity index (χ3v) is 7.05. The first kappa shape index (κ1) is 17.9. The molecule has 1 heterocycles. The van der Waals surface area contributed by atoms with Crippen molar-refractivity contribution in [2.24, 2.45) is 5.73 Å². The summed E-state index contributed by atoms with van der Waals surface area (Å²) in [6, 6.07) is 2.61. The lowest BCUT2D eigenvalue weighted by Crippen LogP contribution is -2.37. The Morgan fingerprint density at radius 3 is 2.10 bits per heavy atom. The second kappa shape index (κ2) is 6.34. The molecule has 0 atom stereocenters.